The van der Waals surface area contributed by atoms with E-state index in [4.69, 9.17) is 4.74 Å². The van der Waals surface area contributed by atoms with E-state index in [-0.39, 0.29) is 35.7 Å². The summed E-state index contributed by atoms with van der Waals surface area (Å²) < 4.78 is 33.4. The van der Waals surface area contributed by atoms with E-state index in [1.807, 2.05) is 31.2 Å². The van der Waals surface area contributed by atoms with Gasteiger partial charge < -0.3 is 10.1 Å². The number of halogens is 1. The summed E-state index contributed by atoms with van der Waals surface area (Å²) in [5.41, 5.74) is 1.72. The van der Waals surface area contributed by atoms with Gasteiger partial charge in [-0.2, -0.15) is 4.31 Å². The minimum atomic E-state index is -3.88. The molecule has 0 aliphatic heterocycles. The first-order valence-corrected chi connectivity index (χ1v) is 11.1. The topological polar surface area (TPSA) is 75.7 Å². The summed E-state index contributed by atoms with van der Waals surface area (Å²) >= 11 is 3.41. The number of sulfonamides is 1. The molecule has 0 aromatic heterocycles. The minimum absolute atomic E-state index is 0.0599. The van der Waals surface area contributed by atoms with Crippen LogP contribution in [0.3, 0.4) is 0 Å². The molecule has 28 heavy (non-hydrogen) atoms. The predicted molar refractivity (Wildman–Crippen MR) is 113 cm³/mol. The van der Waals surface area contributed by atoms with Crippen molar-refractivity contribution >= 4 is 31.9 Å². The van der Waals surface area contributed by atoms with Crippen molar-refractivity contribution in [3.05, 3.63) is 58.1 Å². The van der Waals surface area contributed by atoms with Crippen LogP contribution in [-0.4, -0.2) is 38.8 Å². The normalized spacial score (nSPS) is 12.6. The molecular formula is C20H25BrN2O4S. The molecule has 0 aliphatic rings. The van der Waals surface area contributed by atoms with Crippen LogP contribution in [0.1, 0.15) is 31.0 Å². The van der Waals surface area contributed by atoms with Crippen molar-refractivity contribution in [2.24, 2.45) is 0 Å². The summed E-state index contributed by atoms with van der Waals surface area (Å²) in [5.74, 6) is -0.114. The fourth-order valence-corrected chi connectivity index (χ4v) is 4.86. The third-order valence-corrected chi connectivity index (χ3v) is 6.77. The van der Waals surface area contributed by atoms with Crippen molar-refractivity contribution in [3.8, 4) is 5.75 Å². The summed E-state index contributed by atoms with van der Waals surface area (Å²) in [7, 11) is -2.46. The van der Waals surface area contributed by atoms with E-state index in [0.29, 0.717) is 0 Å². The zero-order valence-corrected chi connectivity index (χ0v) is 18.8. The summed E-state index contributed by atoms with van der Waals surface area (Å²) in [5, 5.41) is 2.85. The quantitative estimate of drug-likeness (QED) is 0.641. The van der Waals surface area contributed by atoms with Crippen LogP contribution in [0, 0.1) is 6.92 Å². The van der Waals surface area contributed by atoms with Crippen LogP contribution in [0.4, 0.5) is 0 Å². The third kappa shape index (κ3) is 5.33. The Morgan fingerprint density at radius 2 is 1.96 bits per heavy atom. The number of carbonyl (C=O) groups excluding carboxylic acids is 1. The molecular weight excluding hydrogens is 444 g/mol. The maximum absolute atomic E-state index is 13.1. The fourth-order valence-electron chi connectivity index (χ4n) is 2.80. The van der Waals surface area contributed by atoms with Gasteiger partial charge in [0.2, 0.25) is 15.9 Å². The van der Waals surface area contributed by atoms with E-state index >= 15 is 0 Å². The molecule has 0 aliphatic carbocycles. The largest absolute Gasteiger partial charge is 0.495 e. The highest BCUT2D eigenvalue weighted by molar-refractivity contribution is 9.10. The maximum atomic E-state index is 13.1. The Morgan fingerprint density at radius 1 is 1.25 bits per heavy atom. The molecule has 0 saturated heterocycles. The van der Waals surface area contributed by atoms with Crippen LogP contribution in [0.15, 0.2) is 51.8 Å². The first kappa shape index (κ1) is 22.4. The lowest BCUT2D eigenvalue weighted by Gasteiger charge is -2.23. The summed E-state index contributed by atoms with van der Waals surface area (Å²) in [4.78, 5) is 12.6. The van der Waals surface area contributed by atoms with Crippen molar-refractivity contribution in [1.82, 2.24) is 9.62 Å². The number of hydrogen-bond donors (Lipinski definition) is 1. The average molecular weight is 469 g/mol. The second kappa shape index (κ2) is 9.54. The Bertz CT molecular complexity index is 947. The van der Waals surface area contributed by atoms with E-state index in [1.165, 1.54) is 7.11 Å². The number of benzene rings is 2. The average Bonchev–Trinajstić information content (AvgIpc) is 2.65. The number of methoxy groups -OCH3 is 1. The molecule has 2 rings (SSSR count). The Hall–Kier alpha value is -1.90. The van der Waals surface area contributed by atoms with E-state index in [9.17, 15) is 13.2 Å². The second-order valence-corrected chi connectivity index (χ2v) is 9.25. The van der Waals surface area contributed by atoms with Gasteiger partial charge in [0.15, 0.2) is 0 Å². The summed E-state index contributed by atoms with van der Waals surface area (Å²) in [6, 6.07) is 12.3. The minimum Gasteiger partial charge on any atom is -0.495 e. The molecule has 0 spiro atoms. The van der Waals surface area contributed by atoms with Gasteiger partial charge in [-0.25, -0.2) is 8.42 Å². The first-order chi connectivity index (χ1) is 13.2. The molecule has 0 saturated carbocycles. The molecule has 0 heterocycles. The van der Waals surface area contributed by atoms with E-state index in [2.05, 4.69) is 21.2 Å². The highest BCUT2D eigenvalue weighted by Crippen LogP contribution is 2.27. The number of ether oxygens (including phenoxy) is 1. The molecule has 8 heteroatoms. The predicted octanol–water partition coefficient (Wildman–Crippen LogP) is 3.65. The Balaban J connectivity index is 2.18. The standard InChI is InChI=1S/C20H25BrN2O4S/c1-5-23(28(25,26)19-11-14(2)9-10-18(19)27-4)13-20(24)22-15(3)16-7-6-8-17(21)12-16/h6-12,15H,5,13H2,1-4H3,(H,22,24). The van der Waals surface area contributed by atoms with Crippen LogP contribution in [0.25, 0.3) is 0 Å². The zero-order chi connectivity index (χ0) is 20.9. The third-order valence-electron chi connectivity index (χ3n) is 4.34. The molecule has 6 nitrogen and oxygen atoms in total. The molecule has 1 N–H and O–H groups in total. The Morgan fingerprint density at radius 3 is 2.57 bits per heavy atom. The number of nitrogens with zero attached hydrogens (tertiary/aromatic N) is 1. The fraction of sp³-hybridized carbons (Fsp3) is 0.350. The molecule has 2 aromatic carbocycles. The van der Waals surface area contributed by atoms with Gasteiger partial charge in [0.1, 0.15) is 10.6 Å². The number of nitrogens with one attached hydrogen (secondary N) is 1. The molecule has 2 aromatic rings. The number of rotatable bonds is 8. The molecule has 0 radical (unpaired) electrons. The SMILES string of the molecule is CCN(CC(=O)NC(C)c1cccc(Br)c1)S(=O)(=O)c1cc(C)ccc1OC. The lowest BCUT2D eigenvalue weighted by atomic mass is 10.1. The lowest BCUT2D eigenvalue weighted by Crippen LogP contribution is -2.41. The number of amides is 1. The van der Waals surface area contributed by atoms with Crippen LogP contribution in [0.2, 0.25) is 0 Å². The summed E-state index contributed by atoms with van der Waals surface area (Å²) in [6.45, 7) is 5.26. The number of likely N-dealkylation sites (N-methyl/N-ethyl adjacent to an activating group) is 1. The zero-order valence-electron chi connectivity index (χ0n) is 16.4. The highest BCUT2D eigenvalue weighted by atomic mass is 79.9. The van der Waals surface area contributed by atoms with Gasteiger partial charge in [-0.15, -0.1) is 0 Å². The first-order valence-electron chi connectivity index (χ1n) is 8.88. The molecule has 1 unspecified atom stereocenters. The van der Waals surface area contributed by atoms with E-state index < -0.39 is 10.0 Å². The number of aryl methyl sites for hydroxylation is 1. The van der Waals surface area contributed by atoms with Crippen molar-refractivity contribution < 1.29 is 17.9 Å². The molecule has 152 valence electrons. The maximum Gasteiger partial charge on any atom is 0.247 e. The van der Waals surface area contributed by atoms with Gasteiger partial charge >= 0.3 is 0 Å². The Kier molecular flexibility index (Phi) is 7.63. The number of hydrogen-bond acceptors (Lipinski definition) is 4. The van der Waals surface area contributed by atoms with Crippen molar-refractivity contribution in [1.29, 1.82) is 0 Å². The van der Waals surface area contributed by atoms with Crippen LogP contribution < -0.4 is 10.1 Å². The van der Waals surface area contributed by atoms with Crippen molar-refractivity contribution in [3.63, 3.8) is 0 Å². The van der Waals surface area contributed by atoms with Gasteiger partial charge in [0, 0.05) is 11.0 Å². The van der Waals surface area contributed by atoms with Crippen molar-refractivity contribution in [2.45, 2.75) is 31.7 Å². The second-order valence-electron chi connectivity index (χ2n) is 6.43. The van der Waals surface area contributed by atoms with Gasteiger partial charge in [-0.1, -0.05) is 41.1 Å². The molecule has 0 fully saturated rings. The lowest BCUT2D eigenvalue weighted by molar-refractivity contribution is -0.121. The van der Waals surface area contributed by atoms with Crippen LogP contribution >= 0.6 is 15.9 Å². The van der Waals surface area contributed by atoms with Gasteiger partial charge in [0.05, 0.1) is 19.7 Å². The molecule has 1 atom stereocenters. The van der Waals surface area contributed by atoms with Gasteiger partial charge in [-0.05, 0) is 49.2 Å². The molecule has 1 amide bonds. The van der Waals surface area contributed by atoms with Crippen LogP contribution in [0.5, 0.6) is 5.75 Å². The van der Waals surface area contributed by atoms with Gasteiger partial charge in [0.25, 0.3) is 0 Å². The van der Waals surface area contributed by atoms with Crippen LogP contribution in [-0.2, 0) is 14.8 Å². The van der Waals surface area contributed by atoms with Gasteiger partial charge in [-0.3, -0.25) is 4.79 Å². The van der Waals surface area contributed by atoms with Crippen molar-refractivity contribution in [2.75, 3.05) is 20.2 Å². The van der Waals surface area contributed by atoms with E-state index in [1.54, 1.807) is 32.0 Å². The highest BCUT2D eigenvalue weighted by Gasteiger charge is 2.28. The monoisotopic (exact) mass is 468 g/mol. The smallest absolute Gasteiger partial charge is 0.247 e. The molecule has 0 bridgehead atoms. The van der Waals surface area contributed by atoms with E-state index in [0.717, 1.165) is 19.9 Å². The Labute approximate surface area is 175 Å². The summed E-state index contributed by atoms with van der Waals surface area (Å²) in [6.07, 6.45) is 0. The number of carbonyl (C=O) groups is 1.